The molecule has 13 heavy (non-hydrogen) atoms. The van der Waals surface area contributed by atoms with E-state index in [1.54, 1.807) is 6.07 Å². The van der Waals surface area contributed by atoms with E-state index in [1.165, 1.54) is 6.20 Å². The van der Waals surface area contributed by atoms with Gasteiger partial charge >= 0.3 is 5.97 Å². The quantitative estimate of drug-likeness (QED) is 0.735. The Balaban J connectivity index is 3.10. The molecule has 0 saturated carbocycles. The van der Waals surface area contributed by atoms with Crippen LogP contribution in [0.15, 0.2) is 12.3 Å². The third-order valence-electron chi connectivity index (χ3n) is 1.80. The Morgan fingerprint density at radius 1 is 1.69 bits per heavy atom. The van der Waals surface area contributed by atoms with Gasteiger partial charge in [-0.1, -0.05) is 13.3 Å². The normalized spacial score (nSPS) is 9.92. The van der Waals surface area contributed by atoms with Crippen molar-refractivity contribution in [1.82, 2.24) is 4.98 Å². The van der Waals surface area contributed by atoms with Crippen molar-refractivity contribution in [3.05, 3.63) is 23.5 Å². The molecule has 1 aromatic heterocycles. The van der Waals surface area contributed by atoms with E-state index in [1.807, 2.05) is 6.92 Å². The first-order valence-electron chi connectivity index (χ1n) is 4.13. The Bertz CT molecular complexity index is 323. The molecule has 0 spiro atoms. The number of nitrogen functional groups attached to an aromatic ring is 1. The zero-order chi connectivity index (χ0) is 9.84. The molecule has 0 unspecified atom stereocenters. The molecule has 0 saturated heterocycles. The number of hydrogen-bond acceptors (Lipinski definition) is 3. The first-order valence-corrected chi connectivity index (χ1v) is 4.13. The van der Waals surface area contributed by atoms with E-state index in [4.69, 9.17) is 10.8 Å². The Morgan fingerprint density at radius 2 is 2.38 bits per heavy atom. The first kappa shape index (κ1) is 9.51. The van der Waals surface area contributed by atoms with Crippen LogP contribution in [0.4, 0.5) is 5.69 Å². The number of carboxylic acid groups (broad SMARTS) is 1. The van der Waals surface area contributed by atoms with Gasteiger partial charge in [0.25, 0.3) is 0 Å². The third kappa shape index (κ3) is 1.96. The zero-order valence-corrected chi connectivity index (χ0v) is 7.45. The van der Waals surface area contributed by atoms with Crippen molar-refractivity contribution < 1.29 is 9.90 Å². The molecule has 4 nitrogen and oxygen atoms in total. The second-order valence-electron chi connectivity index (χ2n) is 2.79. The summed E-state index contributed by atoms with van der Waals surface area (Å²) in [5.41, 5.74) is 6.72. The Hall–Kier alpha value is -1.58. The molecule has 0 aliphatic heterocycles. The van der Waals surface area contributed by atoms with Crippen LogP contribution in [0, 0.1) is 0 Å². The summed E-state index contributed by atoms with van der Waals surface area (Å²) in [5, 5.41) is 8.72. The smallest absolute Gasteiger partial charge is 0.356 e. The van der Waals surface area contributed by atoms with Crippen LogP contribution in [0.3, 0.4) is 0 Å². The number of aromatic carboxylic acids is 1. The van der Waals surface area contributed by atoms with Crippen molar-refractivity contribution in [2.75, 3.05) is 5.73 Å². The van der Waals surface area contributed by atoms with Crippen molar-refractivity contribution in [2.45, 2.75) is 19.8 Å². The molecular formula is C9H12N2O2. The predicted molar refractivity (Wildman–Crippen MR) is 49.6 cm³/mol. The number of anilines is 1. The van der Waals surface area contributed by atoms with Crippen LogP contribution in [-0.2, 0) is 6.42 Å². The van der Waals surface area contributed by atoms with Gasteiger partial charge in [-0.05, 0) is 18.1 Å². The minimum absolute atomic E-state index is 0.0500. The highest BCUT2D eigenvalue weighted by Gasteiger charge is 2.11. The van der Waals surface area contributed by atoms with Gasteiger partial charge in [-0.2, -0.15) is 0 Å². The van der Waals surface area contributed by atoms with Gasteiger partial charge in [0.05, 0.1) is 5.69 Å². The van der Waals surface area contributed by atoms with Crippen LogP contribution in [0.25, 0.3) is 0 Å². The van der Waals surface area contributed by atoms with Crippen molar-refractivity contribution in [2.24, 2.45) is 0 Å². The molecule has 0 aromatic carbocycles. The maximum absolute atomic E-state index is 10.6. The molecule has 3 N–H and O–H groups in total. The Morgan fingerprint density at radius 3 is 2.92 bits per heavy atom. The van der Waals surface area contributed by atoms with Crippen molar-refractivity contribution in [3.8, 4) is 0 Å². The van der Waals surface area contributed by atoms with Crippen molar-refractivity contribution in [3.63, 3.8) is 0 Å². The van der Waals surface area contributed by atoms with Crippen LogP contribution in [0.5, 0.6) is 0 Å². The third-order valence-corrected chi connectivity index (χ3v) is 1.80. The largest absolute Gasteiger partial charge is 0.476 e. The number of pyridine rings is 1. The highest BCUT2D eigenvalue weighted by molar-refractivity contribution is 5.91. The van der Waals surface area contributed by atoms with Crippen LogP contribution in [0.1, 0.15) is 29.4 Å². The van der Waals surface area contributed by atoms with Gasteiger partial charge in [0.15, 0.2) is 5.69 Å². The summed E-state index contributed by atoms with van der Waals surface area (Å²) < 4.78 is 0. The molecule has 4 heteroatoms. The average Bonchev–Trinajstić information content (AvgIpc) is 2.08. The van der Waals surface area contributed by atoms with Crippen molar-refractivity contribution in [1.29, 1.82) is 0 Å². The van der Waals surface area contributed by atoms with Gasteiger partial charge in [-0.15, -0.1) is 0 Å². The summed E-state index contributed by atoms with van der Waals surface area (Å²) >= 11 is 0. The van der Waals surface area contributed by atoms with Crippen LogP contribution < -0.4 is 5.73 Å². The minimum atomic E-state index is -1.07. The van der Waals surface area contributed by atoms with E-state index in [-0.39, 0.29) is 11.4 Å². The summed E-state index contributed by atoms with van der Waals surface area (Å²) in [6, 6.07) is 1.76. The summed E-state index contributed by atoms with van der Waals surface area (Å²) in [6.45, 7) is 2.01. The molecule has 0 amide bonds. The number of carbonyl (C=O) groups is 1. The van der Waals surface area contributed by atoms with E-state index in [0.29, 0.717) is 0 Å². The lowest BCUT2D eigenvalue weighted by Gasteiger charge is -2.05. The predicted octanol–water partition coefficient (Wildman–Crippen LogP) is 1.31. The highest BCUT2D eigenvalue weighted by Crippen LogP contribution is 2.16. The summed E-state index contributed by atoms with van der Waals surface area (Å²) in [4.78, 5) is 14.3. The van der Waals surface area contributed by atoms with E-state index in [0.717, 1.165) is 18.4 Å². The average molecular weight is 180 g/mol. The topological polar surface area (TPSA) is 76.2 Å². The van der Waals surface area contributed by atoms with Gasteiger partial charge in [0.1, 0.15) is 0 Å². The lowest BCUT2D eigenvalue weighted by Crippen LogP contribution is -2.07. The first-order chi connectivity index (χ1) is 6.16. The van der Waals surface area contributed by atoms with Crippen molar-refractivity contribution >= 4 is 11.7 Å². The molecule has 0 aliphatic rings. The van der Waals surface area contributed by atoms with Crippen LogP contribution >= 0.6 is 0 Å². The second-order valence-corrected chi connectivity index (χ2v) is 2.79. The van der Waals surface area contributed by atoms with Gasteiger partial charge in [-0.25, -0.2) is 9.78 Å². The van der Waals surface area contributed by atoms with Gasteiger partial charge in [0, 0.05) is 6.20 Å². The number of carboxylic acids is 1. The second kappa shape index (κ2) is 3.89. The molecular weight excluding hydrogens is 168 g/mol. The fourth-order valence-corrected chi connectivity index (χ4v) is 1.17. The lowest BCUT2D eigenvalue weighted by molar-refractivity contribution is 0.0691. The fourth-order valence-electron chi connectivity index (χ4n) is 1.17. The Kier molecular flexibility index (Phi) is 2.84. The minimum Gasteiger partial charge on any atom is -0.476 e. The molecule has 0 atom stereocenters. The fraction of sp³-hybridized carbons (Fsp3) is 0.333. The van der Waals surface area contributed by atoms with Crippen LogP contribution in [0.2, 0.25) is 0 Å². The maximum atomic E-state index is 10.6. The molecule has 1 heterocycles. The molecule has 0 bridgehead atoms. The molecule has 0 fully saturated rings. The number of rotatable bonds is 3. The maximum Gasteiger partial charge on any atom is 0.356 e. The zero-order valence-electron chi connectivity index (χ0n) is 7.45. The Labute approximate surface area is 76.4 Å². The van der Waals surface area contributed by atoms with Gasteiger partial charge in [-0.3, -0.25) is 0 Å². The number of nitrogens with two attached hydrogens (primary N) is 1. The van der Waals surface area contributed by atoms with Gasteiger partial charge < -0.3 is 10.8 Å². The molecule has 1 aromatic rings. The van der Waals surface area contributed by atoms with E-state index in [2.05, 4.69) is 4.98 Å². The monoisotopic (exact) mass is 180 g/mol. The molecule has 70 valence electrons. The SMILES string of the molecule is CCCc1ccnc(C(=O)O)c1N. The highest BCUT2D eigenvalue weighted by atomic mass is 16.4. The summed E-state index contributed by atoms with van der Waals surface area (Å²) in [6.07, 6.45) is 3.20. The number of aryl methyl sites for hydroxylation is 1. The van der Waals surface area contributed by atoms with Crippen LogP contribution in [-0.4, -0.2) is 16.1 Å². The number of nitrogens with zero attached hydrogens (tertiary/aromatic N) is 1. The lowest BCUT2D eigenvalue weighted by atomic mass is 10.1. The van der Waals surface area contributed by atoms with Gasteiger partial charge in [0.2, 0.25) is 0 Å². The standard InChI is InChI=1S/C9H12N2O2/c1-2-3-6-4-5-11-8(7(6)10)9(12)13/h4-5H,2-3,10H2,1H3,(H,12,13). The van der Waals surface area contributed by atoms with E-state index in [9.17, 15) is 4.79 Å². The van der Waals surface area contributed by atoms with E-state index < -0.39 is 5.97 Å². The number of aromatic nitrogens is 1. The number of hydrogen-bond donors (Lipinski definition) is 2. The molecule has 1 rings (SSSR count). The molecule has 0 aliphatic carbocycles. The van der Waals surface area contributed by atoms with E-state index >= 15 is 0 Å². The summed E-state index contributed by atoms with van der Waals surface area (Å²) in [7, 11) is 0. The molecule has 0 radical (unpaired) electrons. The summed E-state index contributed by atoms with van der Waals surface area (Å²) in [5.74, 6) is -1.07.